The van der Waals surface area contributed by atoms with Crippen LogP contribution in [0.2, 0.25) is 0 Å². The average Bonchev–Trinajstić information content (AvgIpc) is 3.09. The summed E-state index contributed by atoms with van der Waals surface area (Å²) in [6, 6.07) is 11.6. The summed E-state index contributed by atoms with van der Waals surface area (Å²) in [6.45, 7) is 6.45. The van der Waals surface area contributed by atoms with Gasteiger partial charge < -0.3 is 10.0 Å². The molecule has 9 heteroatoms. The molecular weight excluding hydrogens is 439 g/mol. The molecule has 2 atom stereocenters. The van der Waals surface area contributed by atoms with E-state index in [9.17, 15) is 18.0 Å². The minimum atomic E-state index is -4.37. The van der Waals surface area contributed by atoms with Crippen LogP contribution in [0, 0.1) is 0 Å². The highest BCUT2D eigenvalue weighted by atomic mass is 32.1. The summed E-state index contributed by atoms with van der Waals surface area (Å²) in [5.41, 5.74) is 1.77. The van der Waals surface area contributed by atoms with Crippen LogP contribution < -0.4 is 4.90 Å². The van der Waals surface area contributed by atoms with Crippen molar-refractivity contribution in [2.75, 3.05) is 18.0 Å². The van der Waals surface area contributed by atoms with Gasteiger partial charge in [0.2, 0.25) is 0 Å². The number of anilines is 1. The molecule has 2 unspecified atom stereocenters. The number of carbonyl (C=O) groups is 1. The minimum absolute atomic E-state index is 0.00207. The van der Waals surface area contributed by atoms with E-state index in [1.165, 1.54) is 23.5 Å². The number of alkyl halides is 3. The summed E-state index contributed by atoms with van der Waals surface area (Å²) in [7, 11) is 0. The summed E-state index contributed by atoms with van der Waals surface area (Å²) >= 11 is 1.30. The Morgan fingerprint density at radius 2 is 1.81 bits per heavy atom. The van der Waals surface area contributed by atoms with Gasteiger partial charge in [0.15, 0.2) is 5.13 Å². The Morgan fingerprint density at radius 3 is 2.47 bits per heavy atom. The Balaban J connectivity index is 1.49. The number of carboxylic acid groups (broad SMARTS) is 1. The lowest BCUT2D eigenvalue weighted by atomic mass is 10.1. The van der Waals surface area contributed by atoms with Crippen LogP contribution in [0.5, 0.6) is 0 Å². The quantitative estimate of drug-likeness (QED) is 0.575. The molecule has 1 aliphatic heterocycles. The molecule has 1 aliphatic rings. The van der Waals surface area contributed by atoms with Crippen molar-refractivity contribution in [1.82, 2.24) is 9.88 Å². The zero-order valence-corrected chi connectivity index (χ0v) is 18.6. The first-order valence-electron chi connectivity index (χ1n) is 10.4. The third-order valence-electron chi connectivity index (χ3n) is 5.67. The smallest absolute Gasteiger partial charge is 0.416 e. The molecule has 1 saturated heterocycles. The summed E-state index contributed by atoms with van der Waals surface area (Å²) < 4.78 is 39.7. The summed E-state index contributed by atoms with van der Waals surface area (Å²) in [5, 5.41) is 9.76. The Bertz CT molecular complexity index is 1120. The van der Waals surface area contributed by atoms with E-state index in [1.807, 2.05) is 24.3 Å². The van der Waals surface area contributed by atoms with Crippen LogP contribution in [0.1, 0.15) is 30.5 Å². The number of hydrogen-bond acceptors (Lipinski definition) is 5. The maximum absolute atomic E-state index is 13.0. The number of rotatable bonds is 5. The van der Waals surface area contributed by atoms with Crippen molar-refractivity contribution in [1.29, 1.82) is 0 Å². The molecule has 1 N–H and O–H groups in total. The Kier molecular flexibility index (Phi) is 6.13. The molecule has 170 valence electrons. The van der Waals surface area contributed by atoms with Crippen molar-refractivity contribution in [2.45, 2.75) is 45.1 Å². The fourth-order valence-electron chi connectivity index (χ4n) is 4.41. The molecule has 5 nitrogen and oxygen atoms in total. The van der Waals surface area contributed by atoms with Crippen molar-refractivity contribution in [3.05, 3.63) is 59.2 Å². The Labute approximate surface area is 188 Å². The topological polar surface area (TPSA) is 56.7 Å². The fourth-order valence-corrected chi connectivity index (χ4v) is 5.62. The molecule has 0 spiro atoms. The van der Waals surface area contributed by atoms with Crippen molar-refractivity contribution < 1.29 is 23.1 Å². The first-order chi connectivity index (χ1) is 15.1. The largest absolute Gasteiger partial charge is 0.481 e. The fraction of sp³-hybridized carbons (Fsp3) is 0.391. The lowest BCUT2D eigenvalue weighted by Crippen LogP contribution is -2.56. The van der Waals surface area contributed by atoms with E-state index in [0.717, 1.165) is 35.4 Å². The molecule has 0 saturated carbocycles. The highest BCUT2D eigenvalue weighted by Crippen LogP contribution is 2.37. The Hall–Kier alpha value is -2.65. The van der Waals surface area contributed by atoms with Gasteiger partial charge in [-0.15, -0.1) is 0 Å². The van der Waals surface area contributed by atoms with Crippen molar-refractivity contribution in [3.63, 3.8) is 0 Å². The number of piperazine rings is 1. The SMILES string of the molecule is CC1CN(Cc2cccc(CC(=O)O)c2)CC(C)N1c1nc2ccc(C(F)(F)F)cc2s1. The summed E-state index contributed by atoms with van der Waals surface area (Å²) in [6.07, 6.45) is -4.37. The number of nitrogens with zero attached hydrogens (tertiary/aromatic N) is 3. The van der Waals surface area contributed by atoms with E-state index < -0.39 is 17.7 Å². The van der Waals surface area contributed by atoms with E-state index in [1.54, 1.807) is 0 Å². The van der Waals surface area contributed by atoms with E-state index >= 15 is 0 Å². The number of fused-ring (bicyclic) bond motifs is 1. The highest BCUT2D eigenvalue weighted by molar-refractivity contribution is 7.22. The standard InChI is InChI=1S/C23H24F3N3O2S/c1-14-11-28(13-17-5-3-4-16(8-17)9-21(30)31)12-15(2)29(14)22-27-19-7-6-18(23(24,25)26)10-20(19)32-22/h3-8,10,14-15H,9,11-13H2,1-2H3,(H,30,31). The third-order valence-corrected chi connectivity index (χ3v) is 6.70. The second-order valence-corrected chi connectivity index (χ2v) is 9.38. The third kappa shape index (κ3) is 4.88. The molecule has 4 rings (SSSR count). The van der Waals surface area contributed by atoms with Gasteiger partial charge in [0.05, 0.1) is 22.2 Å². The number of hydrogen-bond donors (Lipinski definition) is 1. The molecule has 0 radical (unpaired) electrons. The van der Waals surface area contributed by atoms with Gasteiger partial charge in [-0.3, -0.25) is 9.69 Å². The molecule has 0 bridgehead atoms. The van der Waals surface area contributed by atoms with Crippen LogP contribution in [0.25, 0.3) is 10.2 Å². The predicted octanol–water partition coefficient (Wildman–Crippen LogP) is 5.04. The number of thiazole rings is 1. The van der Waals surface area contributed by atoms with Gasteiger partial charge >= 0.3 is 12.1 Å². The molecule has 1 fully saturated rings. The van der Waals surface area contributed by atoms with E-state index in [4.69, 9.17) is 5.11 Å². The van der Waals surface area contributed by atoms with Gasteiger partial charge in [0.25, 0.3) is 0 Å². The maximum Gasteiger partial charge on any atom is 0.416 e. The number of halogens is 3. The van der Waals surface area contributed by atoms with Crippen molar-refractivity contribution in [2.24, 2.45) is 0 Å². The van der Waals surface area contributed by atoms with Crippen LogP contribution in [-0.2, 0) is 23.9 Å². The van der Waals surface area contributed by atoms with Gasteiger partial charge in [0.1, 0.15) is 0 Å². The lowest BCUT2D eigenvalue weighted by Gasteiger charge is -2.44. The zero-order valence-electron chi connectivity index (χ0n) is 17.8. The monoisotopic (exact) mass is 463 g/mol. The number of aliphatic carboxylic acids is 1. The Morgan fingerprint density at radius 1 is 1.12 bits per heavy atom. The first kappa shape index (κ1) is 22.5. The first-order valence-corrected chi connectivity index (χ1v) is 11.2. The molecule has 2 aromatic carbocycles. The second-order valence-electron chi connectivity index (χ2n) is 8.37. The van der Waals surface area contributed by atoms with E-state index in [-0.39, 0.29) is 18.5 Å². The predicted molar refractivity (Wildman–Crippen MR) is 119 cm³/mol. The zero-order chi connectivity index (χ0) is 23.0. The average molecular weight is 464 g/mol. The van der Waals surface area contributed by atoms with Crippen LogP contribution in [0.4, 0.5) is 18.3 Å². The number of aromatic nitrogens is 1. The number of benzene rings is 2. The molecule has 1 aromatic heterocycles. The lowest BCUT2D eigenvalue weighted by molar-refractivity contribution is -0.138. The van der Waals surface area contributed by atoms with Gasteiger partial charge in [0, 0.05) is 31.7 Å². The van der Waals surface area contributed by atoms with Gasteiger partial charge in [-0.05, 0) is 43.2 Å². The van der Waals surface area contributed by atoms with E-state index in [0.29, 0.717) is 16.8 Å². The minimum Gasteiger partial charge on any atom is -0.481 e. The maximum atomic E-state index is 13.0. The van der Waals surface area contributed by atoms with E-state index in [2.05, 4.69) is 28.6 Å². The molecule has 32 heavy (non-hydrogen) atoms. The van der Waals surface area contributed by atoms with Crippen LogP contribution in [0.15, 0.2) is 42.5 Å². The van der Waals surface area contributed by atoms with Crippen molar-refractivity contribution in [3.8, 4) is 0 Å². The number of carboxylic acids is 1. The molecule has 0 aliphatic carbocycles. The van der Waals surface area contributed by atoms with Gasteiger partial charge in [-0.2, -0.15) is 13.2 Å². The normalized spacial score (nSPS) is 20.1. The van der Waals surface area contributed by atoms with Crippen LogP contribution >= 0.6 is 11.3 Å². The summed E-state index contributed by atoms with van der Waals surface area (Å²) in [4.78, 5) is 20.1. The van der Waals surface area contributed by atoms with Crippen LogP contribution in [0.3, 0.4) is 0 Å². The molecule has 3 aromatic rings. The highest BCUT2D eigenvalue weighted by Gasteiger charge is 2.33. The summed E-state index contributed by atoms with van der Waals surface area (Å²) in [5.74, 6) is -0.851. The van der Waals surface area contributed by atoms with Gasteiger partial charge in [-0.1, -0.05) is 35.6 Å². The van der Waals surface area contributed by atoms with Crippen molar-refractivity contribution >= 4 is 32.7 Å². The molecular formula is C23H24F3N3O2S. The van der Waals surface area contributed by atoms with Gasteiger partial charge in [-0.25, -0.2) is 4.98 Å². The van der Waals surface area contributed by atoms with Crippen LogP contribution in [-0.4, -0.2) is 46.1 Å². The molecule has 2 heterocycles. The molecule has 0 amide bonds. The second kappa shape index (κ2) is 8.71.